The molecule has 0 bridgehead atoms. The molecule has 5 rings (SSSR count). The van der Waals surface area contributed by atoms with Gasteiger partial charge in [0.25, 0.3) is 5.91 Å². The maximum Gasteiger partial charge on any atom is 0.416 e. The number of aromatic amines is 1. The third-order valence-corrected chi connectivity index (χ3v) is 6.43. The average Bonchev–Trinajstić information content (AvgIpc) is 3.48. The molecule has 0 aliphatic carbocycles. The number of nitrogens with one attached hydrogen (secondary N) is 1. The lowest BCUT2D eigenvalue weighted by atomic mass is 9.94. The number of aromatic nitrogens is 5. The third kappa shape index (κ3) is 4.09. The molecule has 0 atom stereocenters. The number of H-pyrrole nitrogens is 1. The lowest BCUT2D eigenvalue weighted by Gasteiger charge is -2.17. The fourth-order valence-corrected chi connectivity index (χ4v) is 4.66. The van der Waals surface area contributed by atoms with Crippen LogP contribution in [-0.2, 0) is 32.6 Å². The van der Waals surface area contributed by atoms with Crippen molar-refractivity contribution < 1.29 is 18.0 Å². The number of carbonyl (C=O) groups is 1. The van der Waals surface area contributed by atoms with Crippen molar-refractivity contribution in [3.63, 3.8) is 0 Å². The molecule has 0 saturated carbocycles. The maximum atomic E-state index is 14.1. The van der Waals surface area contributed by atoms with E-state index in [1.807, 2.05) is 29.8 Å². The molecule has 0 unspecified atom stereocenters. The van der Waals surface area contributed by atoms with Crippen molar-refractivity contribution in [3.8, 4) is 11.1 Å². The van der Waals surface area contributed by atoms with Crippen molar-refractivity contribution >= 4 is 11.6 Å². The zero-order valence-electron chi connectivity index (χ0n) is 19.4. The van der Waals surface area contributed by atoms with Crippen LogP contribution in [0, 0.1) is 13.8 Å². The van der Waals surface area contributed by atoms with Gasteiger partial charge in [0.2, 0.25) is 0 Å². The summed E-state index contributed by atoms with van der Waals surface area (Å²) in [5.74, 6) is 0.379. The number of alkyl halides is 3. The number of anilines is 1. The second-order valence-electron chi connectivity index (χ2n) is 8.78. The van der Waals surface area contributed by atoms with Crippen LogP contribution in [0.4, 0.5) is 18.9 Å². The molecular weight excluding hydrogens is 457 g/mol. The Morgan fingerprint density at radius 2 is 1.91 bits per heavy atom. The highest BCUT2D eigenvalue weighted by Crippen LogP contribution is 2.42. The van der Waals surface area contributed by atoms with E-state index in [-0.39, 0.29) is 17.7 Å². The van der Waals surface area contributed by atoms with Crippen molar-refractivity contribution in [2.45, 2.75) is 39.4 Å². The Hall–Kier alpha value is -3.95. The summed E-state index contributed by atoms with van der Waals surface area (Å²) in [6.07, 6.45) is -1.66. The number of fused-ring (bicyclic) bond motifs is 1. The van der Waals surface area contributed by atoms with Crippen molar-refractivity contribution in [2.75, 3.05) is 4.90 Å². The highest BCUT2D eigenvalue weighted by atomic mass is 19.4. The summed E-state index contributed by atoms with van der Waals surface area (Å²) in [4.78, 5) is 14.8. The van der Waals surface area contributed by atoms with Crippen molar-refractivity contribution in [2.24, 2.45) is 7.05 Å². The standard InChI is InChI=1S/C25H23F3N6O/c1-14-23(15(2)31-30-14)17-10-19-20(21(11-17)25(26,27)28)12-34(24(19)35)18-6-4-5-16(9-18)7-8-22-32-29-13-33(22)3/h4-6,9-11,13H,7-8,12H2,1-3H3,(H,30,31). The molecule has 180 valence electrons. The highest BCUT2D eigenvalue weighted by Gasteiger charge is 2.41. The summed E-state index contributed by atoms with van der Waals surface area (Å²) in [6.45, 7) is 3.33. The van der Waals surface area contributed by atoms with Gasteiger partial charge in [0.1, 0.15) is 12.2 Å². The van der Waals surface area contributed by atoms with Crippen molar-refractivity contribution in [1.29, 1.82) is 0 Å². The Bertz CT molecular complexity index is 1420. The molecule has 2 aromatic carbocycles. The normalized spacial score (nSPS) is 13.5. The number of halogens is 3. The number of benzene rings is 2. The highest BCUT2D eigenvalue weighted by molar-refractivity contribution is 6.11. The molecule has 1 amide bonds. The molecule has 0 saturated heterocycles. The number of nitrogens with zero attached hydrogens (tertiary/aromatic N) is 5. The van der Waals surface area contributed by atoms with Gasteiger partial charge in [0, 0.05) is 36.0 Å². The number of hydrogen-bond acceptors (Lipinski definition) is 4. The number of aryl methyl sites for hydroxylation is 5. The first kappa shape index (κ1) is 22.8. The van der Waals surface area contributed by atoms with Crippen molar-refractivity contribution in [3.05, 3.63) is 82.2 Å². The fourth-order valence-electron chi connectivity index (χ4n) is 4.66. The van der Waals surface area contributed by atoms with E-state index in [2.05, 4.69) is 20.4 Å². The van der Waals surface area contributed by atoms with Crippen LogP contribution < -0.4 is 4.90 Å². The van der Waals surface area contributed by atoms with Gasteiger partial charge in [-0.05, 0) is 61.2 Å². The first-order chi connectivity index (χ1) is 16.6. The van der Waals surface area contributed by atoms with Gasteiger partial charge in [-0.3, -0.25) is 9.89 Å². The van der Waals surface area contributed by atoms with Crippen LogP contribution in [-0.4, -0.2) is 30.9 Å². The topological polar surface area (TPSA) is 79.7 Å². The molecule has 1 aliphatic heterocycles. The molecule has 1 aliphatic rings. The molecule has 35 heavy (non-hydrogen) atoms. The molecule has 0 fully saturated rings. The van der Waals surface area contributed by atoms with Crippen LogP contribution in [0.15, 0.2) is 42.7 Å². The van der Waals surface area contributed by atoms with E-state index in [1.54, 1.807) is 32.3 Å². The molecule has 1 N–H and O–H groups in total. The van der Waals surface area contributed by atoms with Crippen molar-refractivity contribution in [1.82, 2.24) is 25.0 Å². The zero-order valence-corrected chi connectivity index (χ0v) is 19.4. The maximum absolute atomic E-state index is 14.1. The SMILES string of the molecule is Cc1n[nH]c(C)c1-c1cc2c(c(C(F)(F)F)c1)CN(c1cccc(CCc3nncn3C)c1)C2=O. The minimum atomic E-state index is -4.60. The van der Waals surface area contributed by atoms with E-state index in [9.17, 15) is 18.0 Å². The molecule has 3 heterocycles. The van der Waals surface area contributed by atoms with Gasteiger partial charge in [0.15, 0.2) is 0 Å². The molecule has 2 aromatic heterocycles. The summed E-state index contributed by atoms with van der Waals surface area (Å²) in [6, 6.07) is 10.0. The molecular formula is C25H23F3N6O. The number of hydrogen-bond donors (Lipinski definition) is 1. The van der Waals surface area contributed by atoms with Gasteiger partial charge in [-0.2, -0.15) is 18.3 Å². The predicted molar refractivity (Wildman–Crippen MR) is 124 cm³/mol. The van der Waals surface area contributed by atoms with E-state index in [1.165, 1.54) is 4.90 Å². The van der Waals surface area contributed by atoms with Crippen LogP contribution in [0.5, 0.6) is 0 Å². The van der Waals surface area contributed by atoms with E-state index < -0.39 is 17.6 Å². The Balaban J connectivity index is 1.50. The Morgan fingerprint density at radius 3 is 2.57 bits per heavy atom. The Kier molecular flexibility index (Phi) is 5.46. The first-order valence-electron chi connectivity index (χ1n) is 11.1. The van der Waals surface area contributed by atoms with Gasteiger partial charge in [-0.25, -0.2) is 0 Å². The zero-order chi connectivity index (χ0) is 24.9. The molecule has 0 spiro atoms. The summed E-state index contributed by atoms with van der Waals surface area (Å²) in [5.41, 5.74) is 2.92. The number of carbonyl (C=O) groups excluding carboxylic acids is 1. The van der Waals surface area contributed by atoms with Crippen LogP contribution in [0.25, 0.3) is 11.1 Å². The summed E-state index contributed by atoms with van der Waals surface area (Å²) >= 11 is 0. The van der Waals surface area contributed by atoms with E-state index in [4.69, 9.17) is 0 Å². The second kappa shape index (κ2) is 8.37. The molecule has 7 nitrogen and oxygen atoms in total. The molecule has 0 radical (unpaired) electrons. The minimum absolute atomic E-state index is 0.00506. The van der Waals surface area contributed by atoms with E-state index >= 15 is 0 Å². The minimum Gasteiger partial charge on any atom is -0.321 e. The second-order valence-corrected chi connectivity index (χ2v) is 8.78. The first-order valence-corrected chi connectivity index (χ1v) is 11.1. The predicted octanol–water partition coefficient (Wildman–Crippen LogP) is 4.79. The summed E-state index contributed by atoms with van der Waals surface area (Å²) in [5, 5.41) is 14.9. The van der Waals surface area contributed by atoms with Gasteiger partial charge >= 0.3 is 6.18 Å². The Morgan fingerprint density at radius 1 is 1.11 bits per heavy atom. The van der Waals surface area contributed by atoms with Crippen LogP contribution in [0.2, 0.25) is 0 Å². The van der Waals surface area contributed by atoms with E-state index in [0.29, 0.717) is 41.0 Å². The monoisotopic (exact) mass is 480 g/mol. The van der Waals surface area contributed by atoms with E-state index in [0.717, 1.165) is 17.5 Å². The van der Waals surface area contributed by atoms with Crippen LogP contribution >= 0.6 is 0 Å². The lowest BCUT2D eigenvalue weighted by Crippen LogP contribution is -2.23. The van der Waals surface area contributed by atoms with Crippen LogP contribution in [0.1, 0.15) is 44.3 Å². The fraction of sp³-hybridized carbons (Fsp3) is 0.280. The van der Waals surface area contributed by atoms with Gasteiger partial charge in [0.05, 0.1) is 17.8 Å². The number of amides is 1. The van der Waals surface area contributed by atoms with Gasteiger partial charge < -0.3 is 9.47 Å². The third-order valence-electron chi connectivity index (χ3n) is 6.43. The van der Waals surface area contributed by atoms with Gasteiger partial charge in [-0.1, -0.05) is 12.1 Å². The smallest absolute Gasteiger partial charge is 0.321 e. The average molecular weight is 480 g/mol. The summed E-state index contributed by atoms with van der Waals surface area (Å²) < 4.78 is 44.1. The largest absolute Gasteiger partial charge is 0.416 e. The van der Waals surface area contributed by atoms with Gasteiger partial charge in [-0.15, -0.1) is 10.2 Å². The van der Waals surface area contributed by atoms with Crippen LogP contribution in [0.3, 0.4) is 0 Å². The molecule has 10 heteroatoms. The molecule has 4 aromatic rings. The summed E-state index contributed by atoms with van der Waals surface area (Å²) in [7, 11) is 1.87. The lowest BCUT2D eigenvalue weighted by molar-refractivity contribution is -0.138. The Labute approximate surface area is 199 Å². The quantitative estimate of drug-likeness (QED) is 0.446. The number of rotatable bonds is 5.